The van der Waals surface area contributed by atoms with Gasteiger partial charge in [-0.2, -0.15) is 0 Å². The van der Waals surface area contributed by atoms with Gasteiger partial charge in [0.15, 0.2) is 0 Å². The van der Waals surface area contributed by atoms with Crippen LogP contribution in [0, 0.1) is 0 Å². The molecule has 128 valence electrons. The fraction of sp³-hybridized carbons (Fsp3) is 0.562. The molecule has 1 aromatic rings. The molecule has 0 bridgehead atoms. The van der Waals surface area contributed by atoms with Crippen LogP contribution in [-0.4, -0.2) is 67.9 Å². The Labute approximate surface area is 135 Å². The number of likely N-dealkylation sites (N-methyl/N-ethyl adjacent to an activating group) is 1. The summed E-state index contributed by atoms with van der Waals surface area (Å²) < 4.78 is 26.6. The SMILES string of the molecule is CN1CCN(C(C(=O)NCC(F)(F)CN)c2ccccc2)CC1. The number of nitrogens with two attached hydrogens (primary N) is 1. The molecule has 0 radical (unpaired) electrons. The number of halogens is 2. The van der Waals surface area contributed by atoms with Crippen molar-refractivity contribution >= 4 is 5.91 Å². The first kappa shape index (κ1) is 17.8. The quantitative estimate of drug-likeness (QED) is 0.807. The normalized spacial score (nSPS) is 18.6. The van der Waals surface area contributed by atoms with E-state index in [1.165, 1.54) is 0 Å². The standard InChI is InChI=1S/C16H24F2N4O/c1-21-7-9-22(10-8-21)14(13-5-3-2-4-6-13)15(23)20-12-16(17,18)11-19/h2-6,14H,7-12,19H2,1H3,(H,20,23). The van der Waals surface area contributed by atoms with Gasteiger partial charge in [-0.25, -0.2) is 8.78 Å². The van der Waals surface area contributed by atoms with E-state index < -0.39 is 31.0 Å². The van der Waals surface area contributed by atoms with E-state index in [-0.39, 0.29) is 0 Å². The van der Waals surface area contributed by atoms with Crippen molar-refractivity contribution in [2.75, 3.05) is 46.3 Å². The number of alkyl halides is 2. The number of amides is 1. The minimum absolute atomic E-state index is 0.408. The third-order valence-corrected chi connectivity index (χ3v) is 4.09. The number of carbonyl (C=O) groups is 1. The highest BCUT2D eigenvalue weighted by Gasteiger charge is 2.33. The average molecular weight is 326 g/mol. The summed E-state index contributed by atoms with van der Waals surface area (Å²) >= 11 is 0. The van der Waals surface area contributed by atoms with Crippen LogP contribution in [0.1, 0.15) is 11.6 Å². The van der Waals surface area contributed by atoms with Crippen molar-refractivity contribution in [1.29, 1.82) is 0 Å². The van der Waals surface area contributed by atoms with E-state index in [2.05, 4.69) is 10.2 Å². The molecular weight excluding hydrogens is 302 g/mol. The molecule has 1 amide bonds. The van der Waals surface area contributed by atoms with Gasteiger partial charge in [0, 0.05) is 26.2 Å². The number of piperazine rings is 1. The van der Waals surface area contributed by atoms with Crippen LogP contribution in [0.3, 0.4) is 0 Å². The molecule has 3 N–H and O–H groups in total. The zero-order valence-corrected chi connectivity index (χ0v) is 13.3. The number of rotatable bonds is 6. The second-order valence-electron chi connectivity index (χ2n) is 5.93. The Hall–Kier alpha value is -1.57. The van der Waals surface area contributed by atoms with Crippen molar-refractivity contribution in [1.82, 2.24) is 15.1 Å². The Morgan fingerprint density at radius 2 is 1.87 bits per heavy atom. The zero-order chi connectivity index (χ0) is 16.9. The Bertz CT molecular complexity index is 504. The van der Waals surface area contributed by atoms with Gasteiger partial charge in [0.25, 0.3) is 5.92 Å². The summed E-state index contributed by atoms with van der Waals surface area (Å²) in [5.41, 5.74) is 5.83. The maximum atomic E-state index is 13.3. The molecule has 0 saturated carbocycles. The highest BCUT2D eigenvalue weighted by atomic mass is 19.3. The highest BCUT2D eigenvalue weighted by molar-refractivity contribution is 5.83. The molecule has 0 aliphatic carbocycles. The smallest absolute Gasteiger partial charge is 0.277 e. The molecule has 1 aromatic carbocycles. The van der Waals surface area contributed by atoms with Crippen molar-refractivity contribution < 1.29 is 13.6 Å². The summed E-state index contributed by atoms with van der Waals surface area (Å²) in [6.45, 7) is 1.61. The number of benzene rings is 1. The van der Waals surface area contributed by atoms with E-state index in [9.17, 15) is 13.6 Å². The lowest BCUT2D eigenvalue weighted by Gasteiger charge is -2.37. The molecule has 1 fully saturated rings. The number of hydrogen-bond donors (Lipinski definition) is 2. The van der Waals surface area contributed by atoms with Crippen molar-refractivity contribution in [3.8, 4) is 0 Å². The summed E-state index contributed by atoms with van der Waals surface area (Å²) in [6, 6.07) is 8.71. The summed E-state index contributed by atoms with van der Waals surface area (Å²) in [5, 5.41) is 2.36. The van der Waals surface area contributed by atoms with Crippen LogP contribution in [0.2, 0.25) is 0 Å². The van der Waals surface area contributed by atoms with Crippen molar-refractivity contribution in [2.24, 2.45) is 5.73 Å². The summed E-state index contributed by atoms with van der Waals surface area (Å²) in [6.07, 6.45) is 0. The molecule has 0 aromatic heterocycles. The van der Waals surface area contributed by atoms with E-state index in [0.29, 0.717) is 0 Å². The third-order valence-electron chi connectivity index (χ3n) is 4.09. The van der Waals surface area contributed by atoms with Crippen molar-refractivity contribution in [2.45, 2.75) is 12.0 Å². The van der Waals surface area contributed by atoms with Gasteiger partial charge in [0.2, 0.25) is 5.91 Å². The molecule has 5 nitrogen and oxygen atoms in total. The van der Waals surface area contributed by atoms with Gasteiger partial charge in [-0.1, -0.05) is 30.3 Å². The summed E-state index contributed by atoms with van der Waals surface area (Å²) in [4.78, 5) is 16.8. The van der Waals surface area contributed by atoms with E-state index >= 15 is 0 Å². The lowest BCUT2D eigenvalue weighted by molar-refractivity contribution is -0.129. The second-order valence-corrected chi connectivity index (χ2v) is 5.93. The van der Waals surface area contributed by atoms with Crippen LogP contribution in [-0.2, 0) is 4.79 Å². The molecule has 1 saturated heterocycles. The van der Waals surface area contributed by atoms with Crippen LogP contribution in [0.15, 0.2) is 30.3 Å². The number of hydrogen-bond acceptors (Lipinski definition) is 4. The molecule has 7 heteroatoms. The van der Waals surface area contributed by atoms with Crippen molar-refractivity contribution in [3.05, 3.63) is 35.9 Å². The van der Waals surface area contributed by atoms with Gasteiger partial charge in [-0.3, -0.25) is 9.69 Å². The van der Waals surface area contributed by atoms with Crippen LogP contribution in [0.4, 0.5) is 8.78 Å². The Morgan fingerprint density at radius 1 is 1.26 bits per heavy atom. The molecule has 1 heterocycles. The first-order chi connectivity index (χ1) is 10.9. The first-order valence-corrected chi connectivity index (χ1v) is 7.76. The highest BCUT2D eigenvalue weighted by Crippen LogP contribution is 2.22. The molecule has 2 rings (SSSR count). The topological polar surface area (TPSA) is 61.6 Å². The largest absolute Gasteiger partial charge is 0.348 e. The Morgan fingerprint density at radius 3 is 2.43 bits per heavy atom. The summed E-state index contributed by atoms with van der Waals surface area (Å²) in [5.74, 6) is -3.49. The lowest BCUT2D eigenvalue weighted by Crippen LogP contribution is -2.51. The maximum absolute atomic E-state index is 13.3. The number of nitrogens with zero attached hydrogens (tertiary/aromatic N) is 2. The van der Waals surface area contributed by atoms with E-state index in [4.69, 9.17) is 5.73 Å². The first-order valence-electron chi connectivity index (χ1n) is 7.76. The molecule has 1 aliphatic rings. The van der Waals surface area contributed by atoms with Gasteiger partial charge in [0.1, 0.15) is 6.04 Å². The molecule has 1 atom stereocenters. The zero-order valence-electron chi connectivity index (χ0n) is 13.3. The lowest BCUT2D eigenvalue weighted by atomic mass is 10.0. The molecular formula is C16H24F2N4O. The second kappa shape index (κ2) is 7.81. The number of carbonyl (C=O) groups excluding carboxylic acids is 1. The van der Waals surface area contributed by atoms with Gasteiger partial charge in [0.05, 0.1) is 13.1 Å². The maximum Gasteiger partial charge on any atom is 0.277 e. The third kappa shape index (κ3) is 4.95. The van der Waals surface area contributed by atoms with Crippen LogP contribution in [0.25, 0.3) is 0 Å². The van der Waals surface area contributed by atoms with E-state index in [1.54, 1.807) is 0 Å². The van der Waals surface area contributed by atoms with Gasteiger partial charge in [-0.15, -0.1) is 0 Å². The molecule has 0 spiro atoms. The van der Waals surface area contributed by atoms with Crippen LogP contribution >= 0.6 is 0 Å². The van der Waals surface area contributed by atoms with Crippen LogP contribution < -0.4 is 11.1 Å². The number of nitrogens with one attached hydrogen (secondary N) is 1. The minimum Gasteiger partial charge on any atom is -0.348 e. The van der Waals surface area contributed by atoms with Crippen molar-refractivity contribution in [3.63, 3.8) is 0 Å². The van der Waals surface area contributed by atoms with Gasteiger partial charge >= 0.3 is 0 Å². The predicted molar refractivity (Wildman–Crippen MR) is 85.3 cm³/mol. The molecule has 1 aliphatic heterocycles. The monoisotopic (exact) mass is 326 g/mol. The van der Waals surface area contributed by atoms with E-state index in [0.717, 1.165) is 31.7 Å². The summed E-state index contributed by atoms with van der Waals surface area (Å²) in [7, 11) is 2.02. The van der Waals surface area contributed by atoms with Gasteiger partial charge in [-0.05, 0) is 12.6 Å². The Kier molecular flexibility index (Phi) is 6.04. The fourth-order valence-corrected chi connectivity index (χ4v) is 2.63. The Balaban J connectivity index is 2.12. The van der Waals surface area contributed by atoms with Crippen LogP contribution in [0.5, 0.6) is 0 Å². The van der Waals surface area contributed by atoms with Gasteiger partial charge < -0.3 is 16.0 Å². The van der Waals surface area contributed by atoms with E-state index in [1.807, 2.05) is 42.3 Å². The molecule has 23 heavy (non-hydrogen) atoms. The minimum atomic E-state index is -3.08. The average Bonchev–Trinajstić information content (AvgIpc) is 2.56. The molecule has 1 unspecified atom stereocenters. The fourth-order valence-electron chi connectivity index (χ4n) is 2.63. The predicted octanol–water partition coefficient (Wildman–Crippen LogP) is 0.685.